The van der Waals surface area contributed by atoms with Crippen molar-refractivity contribution in [2.45, 2.75) is 25.3 Å². The van der Waals surface area contributed by atoms with Gasteiger partial charge in [0.15, 0.2) is 5.11 Å². The maximum Gasteiger partial charge on any atom is 0.189 e. The van der Waals surface area contributed by atoms with Gasteiger partial charge in [0.1, 0.15) is 0 Å². The van der Waals surface area contributed by atoms with Gasteiger partial charge in [0.05, 0.1) is 0 Å². The first-order valence-electron chi connectivity index (χ1n) is 5.28. The van der Waals surface area contributed by atoms with E-state index in [9.17, 15) is 0 Å². The minimum atomic E-state index is 0. The zero-order chi connectivity index (χ0) is 12.4. The molecule has 3 radical (unpaired) electrons. The first-order chi connectivity index (χ1) is 7.70. The number of thiocarbonyl (C=S) groups is 1. The van der Waals surface area contributed by atoms with Crippen LogP contribution in [0, 0.1) is 0 Å². The van der Waals surface area contributed by atoms with Crippen LogP contribution in [0.4, 0.5) is 0 Å². The van der Waals surface area contributed by atoms with Crippen molar-refractivity contribution in [3.63, 3.8) is 0 Å². The molecule has 1 aliphatic rings. The molecule has 1 unspecified atom stereocenters. The van der Waals surface area contributed by atoms with E-state index in [-0.39, 0.29) is 56.7 Å². The largest absolute Gasteiger partial charge is 1.00 e. The summed E-state index contributed by atoms with van der Waals surface area (Å²) in [5.41, 5.74) is 2.80. The Morgan fingerprint density at radius 1 is 1.37 bits per heavy atom. The van der Waals surface area contributed by atoms with Crippen LogP contribution in [0.3, 0.4) is 0 Å². The number of piperidine rings is 1. The van der Waals surface area contributed by atoms with Crippen LogP contribution in [-0.4, -0.2) is 75.9 Å². The van der Waals surface area contributed by atoms with E-state index in [0.717, 1.165) is 20.1 Å². The van der Waals surface area contributed by atoms with E-state index in [1.807, 2.05) is 25.2 Å². The molecule has 0 amide bonds. The average molecular weight is 430 g/mol. The Morgan fingerprint density at radius 2 is 1.95 bits per heavy atom. The summed E-state index contributed by atoms with van der Waals surface area (Å²) >= 11 is 5.02. The van der Waals surface area contributed by atoms with Crippen molar-refractivity contribution in [3.05, 3.63) is 5.32 Å². The molecule has 1 heterocycles. The Bertz CT molecular complexity index is 230. The molecular formula is C10H20Cl2InN4OS-4. The molecule has 0 bridgehead atoms. The summed E-state index contributed by atoms with van der Waals surface area (Å²) in [6.07, 6.45) is 5.42. The van der Waals surface area contributed by atoms with Crippen molar-refractivity contribution in [1.29, 1.82) is 0 Å². The van der Waals surface area contributed by atoms with Crippen molar-refractivity contribution in [2.24, 2.45) is 5.10 Å². The van der Waals surface area contributed by atoms with E-state index in [1.165, 1.54) is 12.8 Å². The van der Waals surface area contributed by atoms with Gasteiger partial charge in [-0.05, 0) is 12.2 Å². The molecule has 9 heteroatoms. The van der Waals surface area contributed by atoms with E-state index < -0.39 is 0 Å². The summed E-state index contributed by atoms with van der Waals surface area (Å²) in [6, 6.07) is 0.279. The van der Waals surface area contributed by atoms with Crippen LogP contribution in [-0.2, 0) is 0 Å². The molecule has 1 saturated heterocycles. The third-order valence-electron chi connectivity index (χ3n) is 2.08. The fraction of sp³-hybridized carbons (Fsp3) is 0.800. The molecule has 0 aromatic heterocycles. The minimum Gasteiger partial charge on any atom is -1.00 e. The van der Waals surface area contributed by atoms with E-state index in [4.69, 9.17) is 17.3 Å². The molecule has 0 saturated carbocycles. The summed E-state index contributed by atoms with van der Waals surface area (Å²) in [6.45, 7) is 0.967. The minimum absolute atomic E-state index is 0. The van der Waals surface area contributed by atoms with Gasteiger partial charge in [0, 0.05) is 46.2 Å². The summed E-state index contributed by atoms with van der Waals surface area (Å²) in [7, 11) is 4.52. The van der Waals surface area contributed by atoms with E-state index in [2.05, 4.69) is 15.8 Å². The fourth-order valence-corrected chi connectivity index (χ4v) is 1.27. The summed E-state index contributed by atoms with van der Waals surface area (Å²) in [4.78, 5) is 1.81. The predicted molar refractivity (Wildman–Crippen MR) is 75.5 cm³/mol. The number of hydrazone groups is 1. The van der Waals surface area contributed by atoms with Gasteiger partial charge in [0.25, 0.3) is 0 Å². The first-order valence-corrected chi connectivity index (χ1v) is 5.69. The van der Waals surface area contributed by atoms with Gasteiger partial charge in [-0.1, -0.05) is 25.3 Å². The molecule has 1 fully saturated rings. The monoisotopic (exact) mass is 429 g/mol. The van der Waals surface area contributed by atoms with Crippen molar-refractivity contribution in [3.8, 4) is 0 Å². The number of halogens is 2. The van der Waals surface area contributed by atoms with Crippen molar-refractivity contribution in [2.75, 3.05) is 27.7 Å². The fourth-order valence-electron chi connectivity index (χ4n) is 1.21. The second-order valence-corrected chi connectivity index (χ2v) is 3.95. The number of hydrogen-bond acceptors (Lipinski definition) is 3. The smallest absolute Gasteiger partial charge is 0.189 e. The summed E-state index contributed by atoms with van der Waals surface area (Å²) in [5, 5.41) is 17.4. The van der Waals surface area contributed by atoms with Crippen molar-refractivity contribution in [1.82, 2.24) is 10.3 Å². The van der Waals surface area contributed by atoms with Gasteiger partial charge in [-0.15, -0.1) is 6.54 Å². The molecular weight excluding hydrogens is 410 g/mol. The maximum absolute atomic E-state index is 8.25. The molecule has 0 aliphatic carbocycles. The van der Waals surface area contributed by atoms with Crippen LogP contribution in [0.1, 0.15) is 19.3 Å². The Hall–Kier alpha value is 0.730. The Morgan fingerprint density at radius 3 is 2.37 bits per heavy atom. The molecule has 0 aromatic carbocycles. The molecule has 19 heavy (non-hydrogen) atoms. The number of hydrogen-bond donors (Lipinski definition) is 1. The number of rotatable bonds is 2. The molecule has 1 rings (SSSR count). The zero-order valence-electron chi connectivity index (χ0n) is 11.5. The van der Waals surface area contributed by atoms with Gasteiger partial charge < -0.3 is 40.1 Å². The summed E-state index contributed by atoms with van der Waals surface area (Å²) < 4.78 is 0. The van der Waals surface area contributed by atoms with E-state index >= 15 is 0 Å². The van der Waals surface area contributed by atoms with Crippen LogP contribution in [0.2, 0.25) is 0 Å². The first kappa shape index (κ1) is 28.0. The van der Waals surface area contributed by atoms with Gasteiger partial charge in [-0.2, -0.15) is 12.2 Å². The topological polar surface area (TPSA) is 64.8 Å². The zero-order valence-corrected chi connectivity index (χ0v) is 17.1. The van der Waals surface area contributed by atoms with Crippen LogP contribution >= 0.6 is 12.2 Å². The third-order valence-corrected chi connectivity index (χ3v) is 2.54. The van der Waals surface area contributed by atoms with Gasteiger partial charge in [-0.25, -0.2) is 0 Å². The maximum atomic E-state index is 8.25. The quantitative estimate of drug-likeness (QED) is 0.269. The standard InChI is InChI=1S/C9H17N4S.CH3O.2ClH.In/c1-13(2)9(14)12-11-7-8-5-3-4-6-10-8;1-2;;;/h7-8H,3-6H2,1-2H3,(H,12,14);1H3;2*1H;/q2*-1;;;/p-2/b11-7+;;;;. The summed E-state index contributed by atoms with van der Waals surface area (Å²) in [5.74, 6) is 0. The molecule has 0 aromatic rings. The van der Waals surface area contributed by atoms with Gasteiger partial charge in [-0.3, -0.25) is 5.43 Å². The third kappa shape index (κ3) is 14.9. The number of nitrogens with one attached hydrogen (secondary N) is 1. The molecule has 113 valence electrons. The van der Waals surface area contributed by atoms with E-state index in [1.54, 1.807) is 0 Å². The van der Waals surface area contributed by atoms with Crippen LogP contribution in [0.15, 0.2) is 5.10 Å². The Balaban J connectivity index is -0.000000214. The van der Waals surface area contributed by atoms with E-state index in [0.29, 0.717) is 5.11 Å². The molecule has 1 N–H and O–H groups in total. The normalized spacial score (nSPS) is 16.7. The molecule has 0 spiro atoms. The Kier molecular flexibility index (Phi) is 27.6. The second kappa shape index (κ2) is 18.7. The molecule has 1 atom stereocenters. The van der Waals surface area contributed by atoms with Crippen molar-refractivity contribution < 1.29 is 29.9 Å². The predicted octanol–water partition coefficient (Wildman–Crippen LogP) is -6.06. The second-order valence-electron chi connectivity index (χ2n) is 3.56. The van der Waals surface area contributed by atoms with Crippen LogP contribution < -0.4 is 35.3 Å². The molecule has 1 aliphatic heterocycles. The van der Waals surface area contributed by atoms with Gasteiger partial charge in [0.2, 0.25) is 0 Å². The van der Waals surface area contributed by atoms with Crippen LogP contribution in [0.5, 0.6) is 0 Å². The number of nitrogens with zero attached hydrogens (tertiary/aromatic N) is 3. The van der Waals surface area contributed by atoms with Gasteiger partial charge >= 0.3 is 0 Å². The Labute approximate surface area is 152 Å². The average Bonchev–Trinajstić information content (AvgIpc) is 2.33. The SMILES string of the molecule is CN(C)C(=S)N/N=C/C1CCCC[N-]1.C[O-].[Cl-].[Cl-].[In]. The van der Waals surface area contributed by atoms with Crippen LogP contribution in [0.25, 0.3) is 5.32 Å². The molecule has 5 nitrogen and oxygen atoms in total. The van der Waals surface area contributed by atoms with Crippen molar-refractivity contribution >= 4 is 49.4 Å².